The second-order valence-electron chi connectivity index (χ2n) is 5.40. The van der Waals surface area contributed by atoms with Crippen molar-refractivity contribution in [2.24, 2.45) is 0 Å². The van der Waals surface area contributed by atoms with Crippen LogP contribution in [0.2, 0.25) is 0 Å². The maximum atomic E-state index is 12.6. The largest absolute Gasteiger partial charge is 0.263 e. The fraction of sp³-hybridized carbons (Fsp3) is 0. The molecule has 122 valence electrons. The van der Waals surface area contributed by atoms with Crippen LogP contribution in [0, 0.1) is 11.3 Å². The van der Waals surface area contributed by atoms with Gasteiger partial charge < -0.3 is 0 Å². The highest BCUT2D eigenvalue weighted by Gasteiger charge is 2.17. The first-order valence-electron chi connectivity index (χ1n) is 7.38. The molecule has 0 radical (unpaired) electrons. The summed E-state index contributed by atoms with van der Waals surface area (Å²) in [4.78, 5) is 4.50. The van der Waals surface area contributed by atoms with Gasteiger partial charge in [-0.25, -0.2) is 13.4 Å². The summed E-state index contributed by atoms with van der Waals surface area (Å²) in [5, 5.41) is 11.3. The average molecular weight is 365 g/mol. The van der Waals surface area contributed by atoms with Crippen molar-refractivity contribution in [1.82, 2.24) is 4.98 Å². The van der Waals surface area contributed by atoms with E-state index in [9.17, 15) is 8.42 Å². The van der Waals surface area contributed by atoms with Crippen molar-refractivity contribution in [2.75, 3.05) is 4.72 Å². The molecule has 0 fully saturated rings. The average Bonchev–Trinajstić information content (AvgIpc) is 3.04. The Hall–Kier alpha value is -2.95. The van der Waals surface area contributed by atoms with Crippen molar-refractivity contribution in [2.45, 2.75) is 4.90 Å². The molecule has 3 aromatic carbocycles. The van der Waals surface area contributed by atoms with Gasteiger partial charge in [0.2, 0.25) is 0 Å². The van der Waals surface area contributed by atoms with Crippen LogP contribution in [0.25, 0.3) is 21.0 Å². The highest BCUT2D eigenvalue weighted by Crippen LogP contribution is 2.32. The Labute approximate surface area is 148 Å². The first kappa shape index (κ1) is 15.6. The zero-order chi connectivity index (χ0) is 17.4. The lowest BCUT2D eigenvalue weighted by Crippen LogP contribution is -2.12. The van der Waals surface area contributed by atoms with Crippen molar-refractivity contribution >= 4 is 47.5 Å². The van der Waals surface area contributed by atoms with Gasteiger partial charge in [0.1, 0.15) is 0 Å². The summed E-state index contributed by atoms with van der Waals surface area (Å²) in [6.45, 7) is 0. The number of rotatable bonds is 3. The fourth-order valence-electron chi connectivity index (χ4n) is 2.61. The SMILES string of the molecule is N#Cc1cccc(S(=O)(=O)Nc2nc3c(ccc4ccccc43)s2)c1. The van der Waals surface area contributed by atoms with E-state index in [0.717, 1.165) is 21.0 Å². The zero-order valence-corrected chi connectivity index (χ0v) is 14.4. The van der Waals surface area contributed by atoms with E-state index in [-0.39, 0.29) is 10.5 Å². The van der Waals surface area contributed by atoms with Gasteiger partial charge in [-0.2, -0.15) is 5.26 Å². The Balaban J connectivity index is 1.77. The summed E-state index contributed by atoms with van der Waals surface area (Å²) in [7, 11) is -3.80. The number of nitrogens with one attached hydrogen (secondary N) is 1. The van der Waals surface area contributed by atoms with Gasteiger partial charge in [0.25, 0.3) is 10.0 Å². The zero-order valence-electron chi connectivity index (χ0n) is 12.8. The molecule has 0 aliphatic carbocycles. The molecule has 5 nitrogen and oxygen atoms in total. The van der Waals surface area contributed by atoms with Crippen LogP contribution in [0.5, 0.6) is 0 Å². The van der Waals surface area contributed by atoms with Crippen LogP contribution in [-0.2, 0) is 10.0 Å². The van der Waals surface area contributed by atoms with E-state index < -0.39 is 10.0 Å². The molecule has 0 saturated heterocycles. The number of hydrogen-bond donors (Lipinski definition) is 1. The second-order valence-corrected chi connectivity index (χ2v) is 8.11. The van der Waals surface area contributed by atoms with E-state index in [1.807, 2.05) is 42.5 Å². The molecule has 0 spiro atoms. The Morgan fingerprint density at radius 1 is 1.04 bits per heavy atom. The third-order valence-corrected chi connectivity index (χ3v) is 6.18. The van der Waals surface area contributed by atoms with Gasteiger partial charge >= 0.3 is 0 Å². The maximum Gasteiger partial charge on any atom is 0.263 e. The van der Waals surface area contributed by atoms with Gasteiger partial charge in [0.05, 0.1) is 26.7 Å². The lowest BCUT2D eigenvalue weighted by molar-refractivity contribution is 0.601. The monoisotopic (exact) mass is 365 g/mol. The van der Waals surface area contributed by atoms with Crippen molar-refractivity contribution in [3.8, 4) is 6.07 Å². The quantitative estimate of drug-likeness (QED) is 0.592. The third kappa shape index (κ3) is 2.82. The molecule has 0 saturated carbocycles. The van der Waals surface area contributed by atoms with E-state index in [1.54, 1.807) is 12.1 Å². The normalized spacial score (nSPS) is 11.5. The minimum atomic E-state index is -3.80. The topological polar surface area (TPSA) is 82.8 Å². The Bertz CT molecular complexity index is 1250. The van der Waals surface area contributed by atoms with Gasteiger partial charge in [-0.05, 0) is 29.7 Å². The second kappa shape index (κ2) is 5.84. The van der Waals surface area contributed by atoms with E-state index in [0.29, 0.717) is 5.13 Å². The predicted molar refractivity (Wildman–Crippen MR) is 99.1 cm³/mol. The van der Waals surface area contributed by atoms with Crippen molar-refractivity contribution < 1.29 is 8.42 Å². The minimum absolute atomic E-state index is 0.0377. The maximum absolute atomic E-state index is 12.6. The number of nitriles is 1. The fourth-order valence-corrected chi connectivity index (χ4v) is 4.77. The van der Waals surface area contributed by atoms with Gasteiger partial charge in [-0.1, -0.05) is 47.7 Å². The number of aromatic nitrogens is 1. The molecule has 0 aliphatic heterocycles. The molecular formula is C18H11N3O2S2. The molecule has 0 atom stereocenters. The van der Waals surface area contributed by atoms with E-state index in [1.165, 1.54) is 23.5 Å². The first-order chi connectivity index (χ1) is 12.1. The molecule has 1 heterocycles. The van der Waals surface area contributed by atoms with Crippen LogP contribution in [0.1, 0.15) is 5.56 Å². The number of fused-ring (bicyclic) bond motifs is 3. The van der Waals surface area contributed by atoms with Crippen LogP contribution >= 0.6 is 11.3 Å². The van der Waals surface area contributed by atoms with E-state index >= 15 is 0 Å². The molecule has 0 amide bonds. The Kier molecular flexibility index (Phi) is 3.64. The Morgan fingerprint density at radius 2 is 1.88 bits per heavy atom. The third-order valence-electron chi connectivity index (χ3n) is 3.78. The number of anilines is 1. The molecule has 0 bridgehead atoms. The number of sulfonamides is 1. The van der Waals surface area contributed by atoms with Crippen LogP contribution in [0.4, 0.5) is 5.13 Å². The molecule has 1 aromatic heterocycles. The molecule has 0 unspecified atom stereocenters. The molecule has 25 heavy (non-hydrogen) atoms. The molecule has 0 aliphatic rings. The molecule has 1 N–H and O–H groups in total. The van der Waals surface area contributed by atoms with Gasteiger partial charge in [0.15, 0.2) is 5.13 Å². The number of thiazole rings is 1. The Morgan fingerprint density at radius 3 is 2.72 bits per heavy atom. The summed E-state index contributed by atoms with van der Waals surface area (Å²) in [6.07, 6.45) is 0. The summed E-state index contributed by atoms with van der Waals surface area (Å²) in [5.41, 5.74) is 1.06. The van der Waals surface area contributed by atoms with Crippen LogP contribution in [0.3, 0.4) is 0 Å². The molecular weight excluding hydrogens is 354 g/mol. The van der Waals surface area contributed by atoms with Crippen LogP contribution in [0.15, 0.2) is 65.6 Å². The van der Waals surface area contributed by atoms with E-state index in [4.69, 9.17) is 5.26 Å². The van der Waals surface area contributed by atoms with Gasteiger partial charge in [-0.3, -0.25) is 4.72 Å². The first-order valence-corrected chi connectivity index (χ1v) is 9.68. The van der Waals surface area contributed by atoms with Gasteiger partial charge in [0, 0.05) is 5.39 Å². The van der Waals surface area contributed by atoms with Crippen molar-refractivity contribution in [3.05, 3.63) is 66.2 Å². The van der Waals surface area contributed by atoms with Gasteiger partial charge in [-0.15, -0.1) is 0 Å². The minimum Gasteiger partial charge on any atom is -0.255 e. The van der Waals surface area contributed by atoms with Crippen LogP contribution in [-0.4, -0.2) is 13.4 Å². The van der Waals surface area contributed by atoms with Crippen molar-refractivity contribution in [3.63, 3.8) is 0 Å². The molecule has 4 rings (SSSR count). The number of benzene rings is 3. The summed E-state index contributed by atoms with van der Waals surface area (Å²) in [6, 6.07) is 19.6. The number of hydrogen-bond acceptors (Lipinski definition) is 5. The summed E-state index contributed by atoms with van der Waals surface area (Å²) < 4.78 is 28.5. The van der Waals surface area contributed by atoms with Crippen LogP contribution < -0.4 is 4.72 Å². The summed E-state index contributed by atoms with van der Waals surface area (Å²) >= 11 is 1.28. The highest BCUT2D eigenvalue weighted by molar-refractivity contribution is 7.93. The predicted octanol–water partition coefficient (Wildman–Crippen LogP) is 4.12. The molecule has 4 aromatic rings. The van der Waals surface area contributed by atoms with E-state index in [2.05, 4.69) is 9.71 Å². The molecule has 7 heteroatoms. The van der Waals surface area contributed by atoms with Crippen molar-refractivity contribution in [1.29, 1.82) is 5.26 Å². The highest BCUT2D eigenvalue weighted by atomic mass is 32.2. The number of nitrogens with zero attached hydrogens (tertiary/aromatic N) is 2. The smallest absolute Gasteiger partial charge is 0.255 e. The lowest BCUT2D eigenvalue weighted by atomic mass is 10.1. The lowest BCUT2D eigenvalue weighted by Gasteiger charge is -2.04. The summed E-state index contributed by atoms with van der Waals surface area (Å²) in [5.74, 6) is 0. The standard InChI is InChI=1S/C18H11N3O2S2/c19-11-12-4-3-6-14(10-12)25(22,23)21-18-20-17-15-7-2-1-5-13(15)8-9-16(17)24-18/h1-10H,(H,20,21).